The molecule has 0 aromatic carbocycles. The number of carbonyl (C=O) groups excluding carboxylic acids is 1. The number of nitrogens with zero attached hydrogens (tertiary/aromatic N) is 2. The lowest BCUT2D eigenvalue weighted by atomic mass is 9.76. The highest BCUT2D eigenvalue weighted by Crippen LogP contribution is 2.35. The first kappa shape index (κ1) is 18.4. The average molecular weight is 348 g/mol. The summed E-state index contributed by atoms with van der Waals surface area (Å²) in [5, 5.41) is 9.57. The number of aliphatic carboxylic acids is 1. The largest absolute Gasteiger partial charge is 0.481 e. The molecule has 1 aliphatic heterocycles. The van der Waals surface area contributed by atoms with Gasteiger partial charge in [0.1, 0.15) is 0 Å². The molecule has 3 rings (SSSR count). The van der Waals surface area contributed by atoms with Gasteiger partial charge in [0.05, 0.1) is 11.8 Å². The Balaban J connectivity index is 1.60. The van der Waals surface area contributed by atoms with Crippen LogP contribution >= 0.6 is 0 Å². The highest BCUT2D eigenvalue weighted by Gasteiger charge is 2.40. The molecular weight excluding hydrogens is 316 g/mol. The number of amides is 1. The molecule has 1 saturated heterocycles. The summed E-state index contributed by atoms with van der Waals surface area (Å²) in [5.41, 5.74) is 2.33. The lowest BCUT2D eigenvalue weighted by molar-refractivity contribution is -0.151. The molecule has 2 fully saturated rings. The first-order valence-corrected chi connectivity index (χ1v) is 9.88. The van der Waals surface area contributed by atoms with E-state index in [4.69, 9.17) is 0 Å². The van der Waals surface area contributed by atoms with Crippen LogP contribution in [0.3, 0.4) is 0 Å². The van der Waals surface area contributed by atoms with Crippen LogP contribution in [-0.2, 0) is 9.59 Å². The van der Waals surface area contributed by atoms with Gasteiger partial charge in [-0.25, -0.2) is 0 Å². The van der Waals surface area contributed by atoms with Crippen molar-refractivity contribution < 1.29 is 14.7 Å². The number of piperazine rings is 1. The molecule has 1 amide bonds. The third kappa shape index (κ3) is 4.08. The Morgan fingerprint density at radius 3 is 2.00 bits per heavy atom. The number of rotatable bonds is 3. The molecule has 2 atom stereocenters. The van der Waals surface area contributed by atoms with Crippen molar-refractivity contribution in [3.8, 4) is 0 Å². The van der Waals surface area contributed by atoms with Crippen molar-refractivity contribution in [3.63, 3.8) is 0 Å². The van der Waals surface area contributed by atoms with Crippen LogP contribution in [0.15, 0.2) is 11.1 Å². The summed E-state index contributed by atoms with van der Waals surface area (Å²) in [6.07, 6.45) is 7.72. The topological polar surface area (TPSA) is 60.9 Å². The molecular formula is C20H32N2O3. The molecule has 0 radical (unpaired) electrons. The second-order valence-electron chi connectivity index (χ2n) is 8.17. The molecule has 0 bridgehead atoms. The van der Waals surface area contributed by atoms with E-state index >= 15 is 0 Å². The fraction of sp³-hybridized carbons (Fsp3) is 0.800. The van der Waals surface area contributed by atoms with Gasteiger partial charge in [-0.15, -0.1) is 0 Å². The minimum atomic E-state index is -0.828. The summed E-state index contributed by atoms with van der Waals surface area (Å²) in [4.78, 5) is 29.2. The molecule has 5 heteroatoms. The van der Waals surface area contributed by atoms with Gasteiger partial charge in [-0.2, -0.15) is 0 Å². The number of allylic oxidation sites excluding steroid dienone is 2. The maximum Gasteiger partial charge on any atom is 0.307 e. The van der Waals surface area contributed by atoms with E-state index < -0.39 is 11.9 Å². The first-order chi connectivity index (χ1) is 12.0. The van der Waals surface area contributed by atoms with E-state index in [1.807, 2.05) is 18.7 Å². The van der Waals surface area contributed by atoms with Crippen molar-refractivity contribution in [2.75, 3.05) is 26.2 Å². The first-order valence-electron chi connectivity index (χ1n) is 9.88. The lowest BCUT2D eigenvalue weighted by Gasteiger charge is -2.42. The highest BCUT2D eigenvalue weighted by molar-refractivity contribution is 5.85. The van der Waals surface area contributed by atoms with E-state index in [9.17, 15) is 14.7 Å². The smallest absolute Gasteiger partial charge is 0.307 e. The van der Waals surface area contributed by atoms with E-state index in [2.05, 4.69) is 4.90 Å². The second kappa shape index (κ2) is 7.90. The van der Waals surface area contributed by atoms with Crippen LogP contribution in [0.25, 0.3) is 0 Å². The highest BCUT2D eigenvalue weighted by atomic mass is 16.4. The number of hydrogen-bond donors (Lipinski definition) is 1. The number of carboxylic acid groups (broad SMARTS) is 1. The van der Waals surface area contributed by atoms with Gasteiger partial charge in [0.15, 0.2) is 0 Å². The van der Waals surface area contributed by atoms with Gasteiger partial charge >= 0.3 is 5.97 Å². The van der Waals surface area contributed by atoms with Crippen LogP contribution in [0.5, 0.6) is 0 Å². The fourth-order valence-corrected chi connectivity index (χ4v) is 4.80. The Kier molecular flexibility index (Phi) is 5.82. The van der Waals surface area contributed by atoms with E-state index in [0.29, 0.717) is 18.9 Å². The summed E-state index contributed by atoms with van der Waals surface area (Å²) in [6, 6.07) is 0.695. The Morgan fingerprint density at radius 1 is 0.880 bits per heavy atom. The summed E-state index contributed by atoms with van der Waals surface area (Å²) in [5.74, 6) is -1.72. The Labute approximate surface area is 151 Å². The zero-order valence-corrected chi connectivity index (χ0v) is 15.7. The number of carboxylic acids is 1. The quantitative estimate of drug-likeness (QED) is 0.797. The SMILES string of the molecule is CC1=C(C)C[C@@H](C(=O)N2CCN(C3CCCCC3)CC2)[C@H](C(=O)O)C1. The Morgan fingerprint density at radius 2 is 1.44 bits per heavy atom. The van der Waals surface area contributed by atoms with Crippen LogP contribution in [0.4, 0.5) is 0 Å². The van der Waals surface area contributed by atoms with Crippen molar-refractivity contribution in [1.29, 1.82) is 0 Å². The molecule has 5 nitrogen and oxygen atoms in total. The standard InChI is InChI=1S/C20H32N2O3/c1-14-12-17(18(20(24)25)13-15(14)2)19(23)22-10-8-21(9-11-22)16-6-4-3-5-7-16/h16-18H,3-13H2,1-2H3,(H,24,25)/t17-,18-/m1/s1. The predicted molar refractivity (Wildman–Crippen MR) is 97.2 cm³/mol. The predicted octanol–water partition coefficient (Wildman–Crippen LogP) is 2.91. The molecule has 3 aliphatic rings. The van der Waals surface area contributed by atoms with Crippen molar-refractivity contribution in [2.45, 2.75) is 64.8 Å². The molecule has 1 saturated carbocycles. The lowest BCUT2D eigenvalue weighted by Crippen LogP contribution is -2.54. The van der Waals surface area contributed by atoms with Crippen molar-refractivity contribution in [2.24, 2.45) is 11.8 Å². The van der Waals surface area contributed by atoms with Gasteiger partial charge in [-0.3, -0.25) is 14.5 Å². The summed E-state index contributed by atoms with van der Waals surface area (Å²) in [6.45, 7) is 7.41. The molecule has 1 N–H and O–H groups in total. The van der Waals surface area contributed by atoms with Crippen molar-refractivity contribution in [3.05, 3.63) is 11.1 Å². The second-order valence-corrected chi connectivity index (χ2v) is 8.17. The number of hydrogen-bond acceptors (Lipinski definition) is 3. The van der Waals surface area contributed by atoms with E-state index in [-0.39, 0.29) is 11.8 Å². The van der Waals surface area contributed by atoms with Gasteiger partial charge in [0.25, 0.3) is 0 Å². The van der Waals surface area contributed by atoms with Gasteiger partial charge in [0, 0.05) is 32.2 Å². The van der Waals surface area contributed by atoms with Crippen LogP contribution in [0, 0.1) is 11.8 Å². The van der Waals surface area contributed by atoms with E-state index in [1.54, 1.807) is 0 Å². The molecule has 140 valence electrons. The summed E-state index contributed by atoms with van der Waals surface area (Å²) in [7, 11) is 0. The summed E-state index contributed by atoms with van der Waals surface area (Å²) >= 11 is 0. The van der Waals surface area contributed by atoms with Crippen LogP contribution in [0.2, 0.25) is 0 Å². The van der Waals surface area contributed by atoms with Crippen LogP contribution < -0.4 is 0 Å². The monoisotopic (exact) mass is 348 g/mol. The third-order valence-electron chi connectivity index (χ3n) is 6.62. The minimum Gasteiger partial charge on any atom is -0.481 e. The van der Waals surface area contributed by atoms with E-state index in [1.165, 1.54) is 37.7 Å². The Hall–Kier alpha value is -1.36. The zero-order chi connectivity index (χ0) is 18.0. The minimum absolute atomic E-state index is 0.0579. The zero-order valence-electron chi connectivity index (χ0n) is 15.7. The van der Waals surface area contributed by atoms with Gasteiger partial charge < -0.3 is 10.0 Å². The average Bonchev–Trinajstić information content (AvgIpc) is 2.63. The van der Waals surface area contributed by atoms with Gasteiger partial charge in [0.2, 0.25) is 5.91 Å². The van der Waals surface area contributed by atoms with Crippen molar-refractivity contribution >= 4 is 11.9 Å². The van der Waals surface area contributed by atoms with Gasteiger partial charge in [-0.1, -0.05) is 30.4 Å². The van der Waals surface area contributed by atoms with Gasteiger partial charge in [-0.05, 0) is 39.5 Å². The van der Waals surface area contributed by atoms with E-state index in [0.717, 1.165) is 31.8 Å². The van der Waals surface area contributed by atoms with Crippen LogP contribution in [0.1, 0.15) is 58.8 Å². The normalized spacial score (nSPS) is 29.8. The molecule has 0 aromatic rings. The third-order valence-corrected chi connectivity index (χ3v) is 6.62. The molecule has 25 heavy (non-hydrogen) atoms. The molecule has 0 spiro atoms. The molecule has 0 aromatic heterocycles. The molecule has 1 heterocycles. The fourth-order valence-electron chi connectivity index (χ4n) is 4.80. The maximum absolute atomic E-state index is 13.0. The summed E-state index contributed by atoms with van der Waals surface area (Å²) < 4.78 is 0. The Bertz CT molecular complexity index is 543. The van der Waals surface area contributed by atoms with Crippen LogP contribution in [-0.4, -0.2) is 59.0 Å². The molecule has 2 aliphatic carbocycles. The number of carbonyl (C=O) groups is 2. The van der Waals surface area contributed by atoms with Crippen molar-refractivity contribution in [1.82, 2.24) is 9.80 Å². The molecule has 0 unspecified atom stereocenters. The maximum atomic E-state index is 13.0.